The van der Waals surface area contributed by atoms with Crippen molar-refractivity contribution in [2.45, 2.75) is 26.8 Å². The van der Waals surface area contributed by atoms with Crippen LogP contribution in [0.25, 0.3) is 0 Å². The Morgan fingerprint density at radius 3 is 2.22 bits per heavy atom. The number of hydrogen-bond acceptors (Lipinski definition) is 2. The van der Waals surface area contributed by atoms with E-state index in [0.717, 1.165) is 31.7 Å². The number of hydrogen-bond donors (Lipinski definition) is 0. The van der Waals surface area contributed by atoms with Crippen LogP contribution >= 0.6 is 23.2 Å². The topological polar surface area (TPSA) is 6.48 Å². The molecule has 2 rings (SSSR count). The monoisotopic (exact) mass is 286 g/mol. The van der Waals surface area contributed by atoms with E-state index in [2.05, 4.69) is 29.7 Å². The summed E-state index contributed by atoms with van der Waals surface area (Å²) in [7, 11) is 0. The Hall–Kier alpha value is -0.440. The maximum atomic E-state index is 6.21. The molecule has 1 aromatic carbocycles. The Labute approximate surface area is 119 Å². The highest BCUT2D eigenvalue weighted by Crippen LogP contribution is 2.33. The Kier molecular flexibility index (Phi) is 4.41. The van der Waals surface area contributed by atoms with Gasteiger partial charge in [-0.15, -0.1) is 0 Å². The van der Waals surface area contributed by atoms with Gasteiger partial charge in [-0.05, 0) is 38.5 Å². The lowest BCUT2D eigenvalue weighted by Crippen LogP contribution is -2.49. The molecule has 0 amide bonds. The Bertz CT molecular complexity index is 424. The van der Waals surface area contributed by atoms with E-state index in [1.54, 1.807) is 0 Å². The second kappa shape index (κ2) is 5.68. The zero-order valence-electron chi connectivity index (χ0n) is 11.2. The van der Waals surface area contributed by atoms with E-state index in [1.165, 1.54) is 5.69 Å². The van der Waals surface area contributed by atoms with Gasteiger partial charge in [0.05, 0.1) is 10.0 Å². The summed E-state index contributed by atoms with van der Waals surface area (Å²) in [5, 5.41) is 1.32. The lowest BCUT2D eigenvalue weighted by Gasteiger charge is -2.38. The van der Waals surface area contributed by atoms with Gasteiger partial charge < -0.3 is 4.90 Å². The Morgan fingerprint density at radius 1 is 1.06 bits per heavy atom. The molecule has 0 spiro atoms. The molecular weight excluding hydrogens is 267 g/mol. The number of halogens is 2. The van der Waals surface area contributed by atoms with Crippen LogP contribution in [0.2, 0.25) is 10.0 Å². The molecule has 4 heteroatoms. The third-order valence-electron chi connectivity index (χ3n) is 3.70. The largest absolute Gasteiger partial charge is 0.369 e. The standard InChI is InChI=1S/C14H20Cl2N2/c1-10(2)17-6-8-18(9-7-17)13-5-4-12(15)14(16)11(13)3/h4-5,10H,6-9H2,1-3H3. The number of piperazine rings is 1. The van der Waals surface area contributed by atoms with Crippen LogP contribution in [0, 0.1) is 6.92 Å². The number of benzene rings is 1. The molecule has 0 radical (unpaired) electrons. The molecule has 0 saturated carbocycles. The van der Waals surface area contributed by atoms with Gasteiger partial charge in [0.2, 0.25) is 0 Å². The third-order valence-corrected chi connectivity index (χ3v) is 4.59. The smallest absolute Gasteiger partial charge is 0.0642 e. The van der Waals surface area contributed by atoms with Crippen molar-refractivity contribution in [3.8, 4) is 0 Å². The first-order chi connectivity index (χ1) is 8.50. The fourth-order valence-electron chi connectivity index (χ4n) is 2.46. The molecular formula is C14H20Cl2N2. The minimum absolute atomic E-state index is 0.627. The van der Waals surface area contributed by atoms with Crippen LogP contribution in [-0.2, 0) is 0 Å². The summed E-state index contributed by atoms with van der Waals surface area (Å²) in [6.07, 6.45) is 0. The van der Waals surface area contributed by atoms with Crippen molar-refractivity contribution < 1.29 is 0 Å². The molecule has 0 unspecified atom stereocenters. The number of anilines is 1. The fraction of sp³-hybridized carbons (Fsp3) is 0.571. The number of rotatable bonds is 2. The van der Waals surface area contributed by atoms with Gasteiger partial charge in [0.1, 0.15) is 0 Å². The number of nitrogens with zero attached hydrogens (tertiary/aromatic N) is 2. The quantitative estimate of drug-likeness (QED) is 0.815. The second-order valence-corrected chi connectivity index (χ2v) is 5.91. The van der Waals surface area contributed by atoms with Gasteiger partial charge in [-0.2, -0.15) is 0 Å². The average Bonchev–Trinajstić information content (AvgIpc) is 2.36. The summed E-state index contributed by atoms with van der Waals surface area (Å²) in [6, 6.07) is 4.59. The van der Waals surface area contributed by atoms with Crippen molar-refractivity contribution in [2.24, 2.45) is 0 Å². The van der Waals surface area contributed by atoms with E-state index in [1.807, 2.05) is 13.0 Å². The fourth-order valence-corrected chi connectivity index (χ4v) is 2.83. The van der Waals surface area contributed by atoms with Gasteiger partial charge in [0.25, 0.3) is 0 Å². The van der Waals surface area contributed by atoms with E-state index in [4.69, 9.17) is 23.2 Å². The van der Waals surface area contributed by atoms with Gasteiger partial charge in [0.15, 0.2) is 0 Å². The molecule has 2 nitrogen and oxygen atoms in total. The molecule has 1 fully saturated rings. The Morgan fingerprint density at radius 2 is 1.67 bits per heavy atom. The van der Waals surface area contributed by atoms with E-state index in [-0.39, 0.29) is 0 Å². The van der Waals surface area contributed by atoms with Crippen LogP contribution < -0.4 is 4.90 Å². The van der Waals surface area contributed by atoms with Crippen molar-refractivity contribution >= 4 is 28.9 Å². The van der Waals surface area contributed by atoms with E-state index in [9.17, 15) is 0 Å². The summed E-state index contributed by atoms with van der Waals surface area (Å²) < 4.78 is 0. The molecule has 1 aliphatic rings. The van der Waals surface area contributed by atoms with Gasteiger partial charge in [0, 0.05) is 37.9 Å². The molecule has 1 saturated heterocycles. The highest BCUT2D eigenvalue weighted by molar-refractivity contribution is 6.42. The van der Waals surface area contributed by atoms with Crippen molar-refractivity contribution in [1.82, 2.24) is 4.90 Å². The van der Waals surface area contributed by atoms with Crippen molar-refractivity contribution in [2.75, 3.05) is 31.1 Å². The zero-order chi connectivity index (χ0) is 13.3. The van der Waals surface area contributed by atoms with Crippen LogP contribution in [0.5, 0.6) is 0 Å². The third kappa shape index (κ3) is 2.76. The highest BCUT2D eigenvalue weighted by Gasteiger charge is 2.20. The lowest BCUT2D eigenvalue weighted by molar-refractivity contribution is 0.209. The predicted molar refractivity (Wildman–Crippen MR) is 80.1 cm³/mol. The van der Waals surface area contributed by atoms with Crippen molar-refractivity contribution in [3.63, 3.8) is 0 Å². The predicted octanol–water partition coefficient (Wildman–Crippen LogP) is 3.83. The van der Waals surface area contributed by atoms with Crippen LogP contribution in [0.4, 0.5) is 5.69 Å². The maximum Gasteiger partial charge on any atom is 0.0642 e. The molecule has 1 aromatic rings. The SMILES string of the molecule is Cc1c(N2CCN(C(C)C)CC2)ccc(Cl)c1Cl. The first-order valence-electron chi connectivity index (χ1n) is 6.44. The van der Waals surface area contributed by atoms with Gasteiger partial charge in [-0.25, -0.2) is 0 Å². The van der Waals surface area contributed by atoms with Crippen LogP contribution in [0.15, 0.2) is 12.1 Å². The molecule has 0 aromatic heterocycles. The minimum Gasteiger partial charge on any atom is -0.369 e. The summed E-state index contributed by atoms with van der Waals surface area (Å²) in [5.74, 6) is 0. The summed E-state index contributed by atoms with van der Waals surface area (Å²) in [4.78, 5) is 4.90. The first kappa shape index (κ1) is 14.0. The van der Waals surface area contributed by atoms with Crippen LogP contribution in [0.3, 0.4) is 0 Å². The first-order valence-corrected chi connectivity index (χ1v) is 7.20. The van der Waals surface area contributed by atoms with Gasteiger partial charge in [-0.3, -0.25) is 4.90 Å². The molecule has 100 valence electrons. The lowest BCUT2D eigenvalue weighted by atomic mass is 10.1. The molecule has 1 heterocycles. The molecule has 0 bridgehead atoms. The minimum atomic E-state index is 0.627. The molecule has 0 N–H and O–H groups in total. The van der Waals surface area contributed by atoms with Crippen LogP contribution in [0.1, 0.15) is 19.4 Å². The summed E-state index contributed by atoms with van der Waals surface area (Å²) in [5.41, 5.74) is 2.30. The second-order valence-electron chi connectivity index (χ2n) is 5.12. The normalized spacial score (nSPS) is 17.6. The summed E-state index contributed by atoms with van der Waals surface area (Å²) >= 11 is 12.2. The van der Waals surface area contributed by atoms with E-state index < -0.39 is 0 Å². The average molecular weight is 287 g/mol. The molecule has 0 atom stereocenters. The van der Waals surface area contributed by atoms with Crippen molar-refractivity contribution in [3.05, 3.63) is 27.7 Å². The van der Waals surface area contributed by atoms with Crippen LogP contribution in [-0.4, -0.2) is 37.1 Å². The van der Waals surface area contributed by atoms with Gasteiger partial charge in [-0.1, -0.05) is 23.2 Å². The molecule has 0 aliphatic carbocycles. The Balaban J connectivity index is 2.13. The summed E-state index contributed by atoms with van der Waals surface area (Å²) in [6.45, 7) is 10.9. The highest BCUT2D eigenvalue weighted by atomic mass is 35.5. The van der Waals surface area contributed by atoms with E-state index >= 15 is 0 Å². The maximum absolute atomic E-state index is 6.21. The van der Waals surface area contributed by atoms with Gasteiger partial charge >= 0.3 is 0 Å². The molecule has 1 aliphatic heterocycles. The van der Waals surface area contributed by atoms with Crippen molar-refractivity contribution in [1.29, 1.82) is 0 Å². The van der Waals surface area contributed by atoms with E-state index in [0.29, 0.717) is 16.1 Å². The zero-order valence-corrected chi connectivity index (χ0v) is 12.7. The molecule has 18 heavy (non-hydrogen) atoms.